The van der Waals surface area contributed by atoms with Gasteiger partial charge in [-0.2, -0.15) is 0 Å². The number of halogens is 2. The van der Waals surface area contributed by atoms with Gasteiger partial charge in [-0.3, -0.25) is 9.69 Å². The van der Waals surface area contributed by atoms with Crippen LogP contribution in [0.4, 0.5) is 0 Å². The smallest absolute Gasteiger partial charge is 0.325 e. The SMILES string of the molecule is O=C(O)C(c1ccc(Cl)c(Cl)c1)N1CCCCCC1. The topological polar surface area (TPSA) is 40.5 Å². The summed E-state index contributed by atoms with van der Waals surface area (Å²) in [6, 6.07) is 4.44. The van der Waals surface area contributed by atoms with E-state index >= 15 is 0 Å². The molecule has 1 aromatic rings. The van der Waals surface area contributed by atoms with Gasteiger partial charge in [0.15, 0.2) is 0 Å². The Labute approximate surface area is 123 Å². The maximum atomic E-state index is 11.6. The van der Waals surface area contributed by atoms with Crippen LogP contribution in [0.15, 0.2) is 18.2 Å². The lowest BCUT2D eigenvalue weighted by molar-refractivity contribution is -0.143. The molecule has 1 aromatic carbocycles. The van der Waals surface area contributed by atoms with Gasteiger partial charge in [-0.05, 0) is 43.6 Å². The lowest BCUT2D eigenvalue weighted by atomic mass is 10.1. The normalized spacial score (nSPS) is 18.8. The minimum Gasteiger partial charge on any atom is -0.480 e. The third kappa shape index (κ3) is 3.62. The van der Waals surface area contributed by atoms with E-state index in [0.29, 0.717) is 15.6 Å². The predicted molar refractivity (Wildman–Crippen MR) is 76.9 cm³/mol. The molecule has 0 radical (unpaired) electrons. The van der Waals surface area contributed by atoms with Gasteiger partial charge in [-0.1, -0.05) is 42.1 Å². The highest BCUT2D eigenvalue weighted by Gasteiger charge is 2.28. The second-order valence-corrected chi connectivity index (χ2v) is 5.68. The maximum Gasteiger partial charge on any atom is 0.325 e. The second-order valence-electron chi connectivity index (χ2n) is 4.86. The van der Waals surface area contributed by atoms with Crippen molar-refractivity contribution in [2.75, 3.05) is 13.1 Å². The first-order valence-electron chi connectivity index (χ1n) is 6.51. The lowest BCUT2D eigenvalue weighted by Gasteiger charge is -2.27. The Morgan fingerprint density at radius 2 is 1.74 bits per heavy atom. The van der Waals surface area contributed by atoms with Gasteiger partial charge < -0.3 is 5.11 Å². The number of hydrogen-bond donors (Lipinski definition) is 1. The summed E-state index contributed by atoms with van der Waals surface area (Å²) >= 11 is 11.9. The van der Waals surface area contributed by atoms with Crippen LogP contribution in [0.2, 0.25) is 10.0 Å². The van der Waals surface area contributed by atoms with Gasteiger partial charge in [-0.15, -0.1) is 0 Å². The Kier molecular flexibility index (Phi) is 5.08. The zero-order valence-corrected chi connectivity index (χ0v) is 12.1. The van der Waals surface area contributed by atoms with Crippen molar-refractivity contribution in [1.29, 1.82) is 0 Å². The van der Waals surface area contributed by atoms with Crippen molar-refractivity contribution in [3.05, 3.63) is 33.8 Å². The summed E-state index contributed by atoms with van der Waals surface area (Å²) in [7, 11) is 0. The molecule has 0 aromatic heterocycles. The summed E-state index contributed by atoms with van der Waals surface area (Å²) in [5, 5.41) is 10.4. The minimum atomic E-state index is -0.833. The number of carboxylic acids is 1. The van der Waals surface area contributed by atoms with E-state index in [2.05, 4.69) is 0 Å². The number of carboxylic acid groups (broad SMARTS) is 1. The van der Waals surface area contributed by atoms with Crippen LogP contribution in [0.25, 0.3) is 0 Å². The molecule has 1 N–H and O–H groups in total. The molecular weight excluding hydrogens is 285 g/mol. The minimum absolute atomic E-state index is 0.403. The van der Waals surface area contributed by atoms with Gasteiger partial charge in [0, 0.05) is 0 Å². The summed E-state index contributed by atoms with van der Waals surface area (Å²) in [6.45, 7) is 1.63. The Morgan fingerprint density at radius 3 is 2.26 bits per heavy atom. The van der Waals surface area contributed by atoms with Crippen molar-refractivity contribution < 1.29 is 9.90 Å². The van der Waals surface area contributed by atoms with Crippen molar-refractivity contribution in [3.8, 4) is 0 Å². The van der Waals surface area contributed by atoms with E-state index in [9.17, 15) is 9.90 Å². The standard InChI is InChI=1S/C14H17Cl2NO2/c15-11-6-5-10(9-12(11)16)13(14(18)19)17-7-3-1-2-4-8-17/h5-6,9,13H,1-4,7-8H2,(H,18,19). The van der Waals surface area contributed by atoms with E-state index in [1.54, 1.807) is 18.2 Å². The van der Waals surface area contributed by atoms with Crippen LogP contribution in [-0.4, -0.2) is 29.1 Å². The fraction of sp³-hybridized carbons (Fsp3) is 0.500. The molecule has 3 nitrogen and oxygen atoms in total. The number of benzene rings is 1. The van der Waals surface area contributed by atoms with Crippen LogP contribution in [0, 0.1) is 0 Å². The number of rotatable bonds is 3. The van der Waals surface area contributed by atoms with Crippen molar-refractivity contribution >= 4 is 29.2 Å². The van der Waals surface area contributed by atoms with Crippen molar-refractivity contribution in [2.45, 2.75) is 31.7 Å². The molecule has 0 saturated carbocycles. The van der Waals surface area contributed by atoms with Gasteiger partial charge in [-0.25, -0.2) is 0 Å². The summed E-state index contributed by atoms with van der Waals surface area (Å²) in [5.41, 5.74) is 0.698. The van der Waals surface area contributed by atoms with Gasteiger partial charge in [0.1, 0.15) is 6.04 Å². The summed E-state index contributed by atoms with van der Waals surface area (Å²) in [6.07, 6.45) is 4.44. The molecule has 1 fully saturated rings. The molecule has 104 valence electrons. The fourth-order valence-corrected chi connectivity index (χ4v) is 2.85. The number of likely N-dealkylation sites (tertiary alicyclic amines) is 1. The first kappa shape index (κ1) is 14.6. The number of aliphatic carboxylic acids is 1. The van der Waals surface area contributed by atoms with E-state index in [1.807, 2.05) is 4.90 Å². The van der Waals surface area contributed by atoms with Gasteiger partial charge in [0.05, 0.1) is 10.0 Å². The van der Waals surface area contributed by atoms with E-state index in [4.69, 9.17) is 23.2 Å². The second kappa shape index (κ2) is 6.60. The molecular formula is C14H17Cl2NO2. The largest absolute Gasteiger partial charge is 0.480 e. The van der Waals surface area contributed by atoms with Crippen LogP contribution in [0.1, 0.15) is 37.3 Å². The summed E-state index contributed by atoms with van der Waals surface area (Å²) in [4.78, 5) is 13.6. The zero-order valence-electron chi connectivity index (χ0n) is 10.6. The van der Waals surface area contributed by atoms with Crippen molar-refractivity contribution in [3.63, 3.8) is 0 Å². The first-order chi connectivity index (χ1) is 9.09. The molecule has 5 heteroatoms. The highest BCUT2D eigenvalue weighted by atomic mass is 35.5. The number of hydrogen-bond acceptors (Lipinski definition) is 2. The quantitative estimate of drug-likeness (QED) is 0.917. The monoisotopic (exact) mass is 301 g/mol. The van der Waals surface area contributed by atoms with E-state index < -0.39 is 12.0 Å². The van der Waals surface area contributed by atoms with E-state index in [0.717, 1.165) is 25.9 Å². The highest BCUT2D eigenvalue weighted by Crippen LogP contribution is 2.30. The first-order valence-corrected chi connectivity index (χ1v) is 7.27. The van der Waals surface area contributed by atoms with Crippen LogP contribution < -0.4 is 0 Å². The van der Waals surface area contributed by atoms with Crippen LogP contribution >= 0.6 is 23.2 Å². The summed E-state index contributed by atoms with van der Waals surface area (Å²) < 4.78 is 0. The fourth-order valence-electron chi connectivity index (χ4n) is 2.55. The average molecular weight is 302 g/mol. The van der Waals surface area contributed by atoms with Gasteiger partial charge in [0.25, 0.3) is 0 Å². The molecule has 1 unspecified atom stereocenters. The molecule has 1 atom stereocenters. The average Bonchev–Trinajstić information content (AvgIpc) is 2.62. The molecule has 1 aliphatic rings. The molecule has 0 aliphatic carbocycles. The van der Waals surface area contributed by atoms with Crippen molar-refractivity contribution in [2.24, 2.45) is 0 Å². The molecule has 0 bridgehead atoms. The van der Waals surface area contributed by atoms with E-state index in [1.165, 1.54) is 12.8 Å². The van der Waals surface area contributed by atoms with Gasteiger partial charge in [0.2, 0.25) is 0 Å². The Balaban J connectivity index is 2.27. The van der Waals surface area contributed by atoms with Crippen LogP contribution in [0.5, 0.6) is 0 Å². The molecule has 1 saturated heterocycles. The molecule has 0 amide bonds. The Morgan fingerprint density at radius 1 is 1.11 bits per heavy atom. The Bertz CT molecular complexity index is 457. The van der Waals surface area contributed by atoms with Gasteiger partial charge >= 0.3 is 5.97 Å². The lowest BCUT2D eigenvalue weighted by Crippen LogP contribution is -2.34. The number of nitrogens with zero attached hydrogens (tertiary/aromatic N) is 1. The van der Waals surface area contributed by atoms with E-state index in [-0.39, 0.29) is 0 Å². The number of carbonyl (C=O) groups is 1. The highest BCUT2D eigenvalue weighted by molar-refractivity contribution is 6.42. The molecule has 19 heavy (non-hydrogen) atoms. The molecule has 1 aliphatic heterocycles. The summed E-state index contributed by atoms with van der Waals surface area (Å²) in [5.74, 6) is -0.833. The maximum absolute atomic E-state index is 11.6. The van der Waals surface area contributed by atoms with Crippen LogP contribution in [-0.2, 0) is 4.79 Å². The third-order valence-corrected chi connectivity index (χ3v) is 4.24. The molecule has 1 heterocycles. The predicted octanol–water partition coefficient (Wildman–Crippen LogP) is 4.00. The molecule has 0 spiro atoms. The third-order valence-electron chi connectivity index (χ3n) is 3.50. The Hall–Kier alpha value is -0.770. The van der Waals surface area contributed by atoms with Crippen LogP contribution in [0.3, 0.4) is 0 Å². The van der Waals surface area contributed by atoms with Crippen molar-refractivity contribution in [1.82, 2.24) is 4.90 Å². The molecule has 2 rings (SSSR count). The zero-order chi connectivity index (χ0) is 13.8.